The van der Waals surface area contributed by atoms with Crippen molar-refractivity contribution in [1.29, 1.82) is 0 Å². The van der Waals surface area contributed by atoms with Crippen LogP contribution in [-0.2, 0) is 4.79 Å². The van der Waals surface area contributed by atoms with Gasteiger partial charge in [-0.1, -0.05) is 6.07 Å². The molecule has 106 valence electrons. The molecule has 20 heavy (non-hydrogen) atoms. The molecule has 0 spiro atoms. The van der Waals surface area contributed by atoms with Crippen LogP contribution in [0.4, 0.5) is 8.78 Å². The van der Waals surface area contributed by atoms with Crippen LogP contribution in [-0.4, -0.2) is 31.3 Å². The van der Waals surface area contributed by atoms with Crippen molar-refractivity contribution in [2.75, 3.05) is 0 Å². The van der Waals surface area contributed by atoms with Crippen molar-refractivity contribution in [1.82, 2.24) is 20.2 Å². The van der Waals surface area contributed by atoms with Gasteiger partial charge < -0.3 is 5.11 Å². The van der Waals surface area contributed by atoms with E-state index in [1.807, 2.05) is 0 Å². The maximum atomic E-state index is 13.8. The minimum atomic E-state index is -1.07. The van der Waals surface area contributed by atoms with Gasteiger partial charge in [0.05, 0.1) is 17.5 Å². The zero-order valence-electron chi connectivity index (χ0n) is 10.8. The monoisotopic (exact) mass is 282 g/mol. The van der Waals surface area contributed by atoms with Crippen LogP contribution in [0.2, 0.25) is 0 Å². The van der Waals surface area contributed by atoms with Crippen molar-refractivity contribution in [3.8, 4) is 11.4 Å². The highest BCUT2D eigenvalue weighted by atomic mass is 19.2. The quantitative estimate of drug-likeness (QED) is 0.926. The highest BCUT2D eigenvalue weighted by Crippen LogP contribution is 2.26. The molecule has 0 fully saturated rings. The average molecular weight is 282 g/mol. The van der Waals surface area contributed by atoms with Crippen molar-refractivity contribution < 1.29 is 18.7 Å². The van der Waals surface area contributed by atoms with Crippen LogP contribution >= 0.6 is 0 Å². The smallest absolute Gasteiger partial charge is 0.308 e. The summed E-state index contributed by atoms with van der Waals surface area (Å²) in [5.74, 6) is -3.91. The Morgan fingerprint density at radius 1 is 1.35 bits per heavy atom. The number of carboxylic acid groups (broad SMARTS) is 1. The predicted molar refractivity (Wildman–Crippen MR) is 64.7 cm³/mol. The fourth-order valence-corrected chi connectivity index (χ4v) is 1.74. The number of aromatic nitrogens is 4. The topological polar surface area (TPSA) is 80.9 Å². The van der Waals surface area contributed by atoms with Crippen molar-refractivity contribution in [2.24, 2.45) is 5.92 Å². The largest absolute Gasteiger partial charge is 0.481 e. The third-order valence-corrected chi connectivity index (χ3v) is 3.18. The summed E-state index contributed by atoms with van der Waals surface area (Å²) < 4.78 is 28.2. The van der Waals surface area contributed by atoms with E-state index < -0.39 is 29.6 Å². The first kappa shape index (κ1) is 14.0. The van der Waals surface area contributed by atoms with Crippen LogP contribution in [0.3, 0.4) is 0 Å². The van der Waals surface area contributed by atoms with E-state index in [9.17, 15) is 13.6 Å². The molecule has 1 N–H and O–H groups in total. The van der Waals surface area contributed by atoms with Crippen molar-refractivity contribution in [3.63, 3.8) is 0 Å². The van der Waals surface area contributed by atoms with Gasteiger partial charge in [-0.3, -0.25) is 4.79 Å². The molecule has 0 aliphatic rings. The number of rotatable bonds is 4. The van der Waals surface area contributed by atoms with E-state index in [2.05, 4.69) is 15.5 Å². The third-order valence-electron chi connectivity index (χ3n) is 3.18. The molecule has 2 aromatic rings. The van der Waals surface area contributed by atoms with E-state index in [0.29, 0.717) is 0 Å². The molecule has 6 nitrogen and oxygen atoms in total. The highest BCUT2D eigenvalue weighted by molar-refractivity contribution is 5.70. The standard InChI is InChI=1S/C12H12F2N4O2/c1-6(12(19)20)7(2)18-11(15-16-17-18)8-4-3-5-9(13)10(8)14/h3-7H,1-2H3,(H,19,20). The number of hydrogen-bond donors (Lipinski definition) is 1. The lowest BCUT2D eigenvalue weighted by molar-refractivity contribution is -0.142. The van der Waals surface area contributed by atoms with Crippen LogP contribution in [0.25, 0.3) is 11.4 Å². The maximum absolute atomic E-state index is 13.8. The normalized spacial score (nSPS) is 14.0. The van der Waals surface area contributed by atoms with Gasteiger partial charge in [0.2, 0.25) is 0 Å². The first-order valence-electron chi connectivity index (χ1n) is 5.88. The molecule has 0 saturated heterocycles. The fourth-order valence-electron chi connectivity index (χ4n) is 1.74. The molecule has 0 aliphatic carbocycles. The summed E-state index contributed by atoms with van der Waals surface area (Å²) in [6.07, 6.45) is 0. The van der Waals surface area contributed by atoms with Gasteiger partial charge in [0.15, 0.2) is 17.5 Å². The Hall–Kier alpha value is -2.38. The van der Waals surface area contributed by atoms with Crippen LogP contribution < -0.4 is 0 Å². The summed E-state index contributed by atoms with van der Waals surface area (Å²) in [4.78, 5) is 11.0. The van der Waals surface area contributed by atoms with Crippen LogP contribution in [0.15, 0.2) is 18.2 Å². The Morgan fingerprint density at radius 3 is 2.70 bits per heavy atom. The van der Waals surface area contributed by atoms with E-state index >= 15 is 0 Å². The lowest BCUT2D eigenvalue weighted by Crippen LogP contribution is -2.23. The van der Waals surface area contributed by atoms with Crippen molar-refractivity contribution in [3.05, 3.63) is 29.8 Å². The Bertz CT molecular complexity index is 644. The van der Waals surface area contributed by atoms with Gasteiger partial charge in [0.25, 0.3) is 0 Å². The molecule has 1 heterocycles. The second-order valence-electron chi connectivity index (χ2n) is 4.42. The van der Waals surface area contributed by atoms with Gasteiger partial charge in [-0.25, -0.2) is 13.5 Å². The maximum Gasteiger partial charge on any atom is 0.308 e. The zero-order valence-corrected chi connectivity index (χ0v) is 10.8. The molecule has 2 rings (SSSR count). The second-order valence-corrected chi connectivity index (χ2v) is 4.42. The summed E-state index contributed by atoms with van der Waals surface area (Å²) >= 11 is 0. The average Bonchev–Trinajstić information content (AvgIpc) is 2.89. The summed E-state index contributed by atoms with van der Waals surface area (Å²) in [6, 6.07) is 3.03. The summed E-state index contributed by atoms with van der Waals surface area (Å²) in [6.45, 7) is 3.08. The van der Waals surface area contributed by atoms with Gasteiger partial charge >= 0.3 is 5.97 Å². The summed E-state index contributed by atoms with van der Waals surface area (Å²) in [7, 11) is 0. The third kappa shape index (κ3) is 2.36. The molecule has 0 radical (unpaired) electrons. The van der Waals surface area contributed by atoms with Gasteiger partial charge in [0.1, 0.15) is 0 Å². The lowest BCUT2D eigenvalue weighted by Gasteiger charge is -2.17. The van der Waals surface area contributed by atoms with Gasteiger partial charge in [-0.05, 0) is 36.4 Å². The van der Waals surface area contributed by atoms with E-state index in [1.54, 1.807) is 6.92 Å². The molecule has 0 saturated carbocycles. The molecule has 0 aliphatic heterocycles. The van der Waals surface area contributed by atoms with E-state index in [0.717, 1.165) is 6.07 Å². The number of aliphatic carboxylic acids is 1. The zero-order chi connectivity index (χ0) is 14.9. The van der Waals surface area contributed by atoms with Crippen LogP contribution in [0, 0.1) is 17.6 Å². The SMILES string of the molecule is CC(C(=O)O)C(C)n1nnnc1-c1cccc(F)c1F. The van der Waals surface area contributed by atoms with E-state index in [4.69, 9.17) is 5.11 Å². The second kappa shape index (κ2) is 5.32. The number of carboxylic acids is 1. The van der Waals surface area contributed by atoms with Gasteiger partial charge in [-0.2, -0.15) is 0 Å². The fraction of sp³-hybridized carbons (Fsp3) is 0.333. The predicted octanol–water partition coefficient (Wildman–Crippen LogP) is 1.90. The first-order chi connectivity index (χ1) is 9.43. The Labute approximate surface area is 113 Å². The number of halogens is 2. The van der Waals surface area contributed by atoms with Crippen LogP contribution in [0.5, 0.6) is 0 Å². The van der Waals surface area contributed by atoms with Crippen molar-refractivity contribution in [2.45, 2.75) is 19.9 Å². The van der Waals surface area contributed by atoms with Gasteiger partial charge in [-0.15, -0.1) is 5.10 Å². The van der Waals surface area contributed by atoms with Crippen molar-refractivity contribution >= 4 is 5.97 Å². The Balaban J connectivity index is 2.48. The highest BCUT2D eigenvalue weighted by Gasteiger charge is 2.26. The lowest BCUT2D eigenvalue weighted by atomic mass is 10.0. The summed E-state index contributed by atoms with van der Waals surface area (Å²) in [5.41, 5.74) is -0.112. The molecule has 2 unspecified atom stereocenters. The molecule has 8 heteroatoms. The van der Waals surface area contributed by atoms with Crippen LogP contribution in [0.1, 0.15) is 19.9 Å². The van der Waals surface area contributed by atoms with Gasteiger partial charge in [0, 0.05) is 0 Å². The molecule has 0 amide bonds. The number of benzene rings is 1. The molecule has 2 atom stereocenters. The molecule has 1 aromatic heterocycles. The number of tetrazole rings is 1. The number of carbonyl (C=O) groups is 1. The van der Waals surface area contributed by atoms with E-state index in [-0.39, 0.29) is 11.4 Å². The Morgan fingerprint density at radius 2 is 2.05 bits per heavy atom. The first-order valence-corrected chi connectivity index (χ1v) is 5.88. The number of nitrogens with zero attached hydrogens (tertiary/aromatic N) is 4. The minimum absolute atomic E-state index is 0.0115. The molecular weight excluding hydrogens is 270 g/mol. The minimum Gasteiger partial charge on any atom is -0.481 e. The van der Waals surface area contributed by atoms with E-state index in [1.165, 1.54) is 23.7 Å². The molecule has 0 bridgehead atoms. The summed E-state index contributed by atoms with van der Waals surface area (Å²) in [5, 5.41) is 19.7. The molecular formula is C12H12F2N4O2. The Kier molecular flexibility index (Phi) is 3.73. The molecule has 1 aromatic carbocycles. The number of hydrogen-bond acceptors (Lipinski definition) is 4.